The van der Waals surface area contributed by atoms with Gasteiger partial charge in [-0.15, -0.1) is 0 Å². The molecule has 0 saturated carbocycles. The van der Waals surface area contributed by atoms with Gasteiger partial charge in [-0.1, -0.05) is 29.3 Å². The Labute approximate surface area is 128 Å². The number of carbonyl (C=O) groups excluding carboxylic acids is 1. The highest BCUT2D eigenvalue weighted by Crippen LogP contribution is 2.24. The van der Waals surface area contributed by atoms with E-state index in [1.54, 1.807) is 37.4 Å². The zero-order valence-electron chi connectivity index (χ0n) is 11.2. The van der Waals surface area contributed by atoms with E-state index in [1.165, 1.54) is 0 Å². The summed E-state index contributed by atoms with van der Waals surface area (Å²) in [6.45, 7) is 1.91. The van der Waals surface area contributed by atoms with Crippen molar-refractivity contribution < 1.29 is 9.53 Å². The van der Waals surface area contributed by atoms with Gasteiger partial charge in [-0.2, -0.15) is 0 Å². The highest BCUT2D eigenvalue weighted by molar-refractivity contribution is 6.35. The maximum absolute atomic E-state index is 12.3. The molecule has 0 fully saturated rings. The Hall–Kier alpha value is -1.51. The fraction of sp³-hybridized carbons (Fsp3) is 0.188. The van der Waals surface area contributed by atoms with Crippen molar-refractivity contribution >= 4 is 29.0 Å². The van der Waals surface area contributed by atoms with E-state index in [4.69, 9.17) is 27.9 Å². The smallest absolute Gasteiger partial charge is 0.167 e. The van der Waals surface area contributed by atoms with Crippen molar-refractivity contribution in [1.82, 2.24) is 0 Å². The monoisotopic (exact) mass is 308 g/mol. The number of Topliss-reactive ketones (excluding diaryl/α,β-unsaturated/α-hetero) is 1. The maximum atomic E-state index is 12.3. The molecule has 0 radical (unpaired) electrons. The molecule has 2 aromatic rings. The predicted molar refractivity (Wildman–Crippen MR) is 82.2 cm³/mol. The summed E-state index contributed by atoms with van der Waals surface area (Å²) in [5.74, 6) is 0.783. The van der Waals surface area contributed by atoms with Crippen LogP contribution in [0, 0.1) is 6.92 Å². The number of ether oxygens (including phenoxy) is 1. The van der Waals surface area contributed by atoms with Gasteiger partial charge in [0.1, 0.15) is 5.75 Å². The second kappa shape index (κ2) is 6.29. The zero-order chi connectivity index (χ0) is 14.7. The third kappa shape index (κ3) is 3.33. The molecular formula is C16H14Cl2O2. The first-order chi connectivity index (χ1) is 9.51. The Bertz CT molecular complexity index is 651. The first-order valence-electron chi connectivity index (χ1n) is 6.13. The lowest BCUT2D eigenvalue weighted by atomic mass is 10.0. The van der Waals surface area contributed by atoms with Crippen LogP contribution in [0.1, 0.15) is 21.5 Å². The van der Waals surface area contributed by atoms with Crippen molar-refractivity contribution in [3.63, 3.8) is 0 Å². The van der Waals surface area contributed by atoms with Crippen LogP contribution in [-0.4, -0.2) is 12.9 Å². The molecule has 104 valence electrons. The molecule has 0 N–H and O–H groups in total. The minimum absolute atomic E-state index is 0.0139. The van der Waals surface area contributed by atoms with Crippen molar-refractivity contribution in [3.8, 4) is 5.75 Å². The summed E-state index contributed by atoms with van der Waals surface area (Å²) in [5, 5.41) is 1.07. The Morgan fingerprint density at radius 2 is 1.90 bits per heavy atom. The number of carbonyl (C=O) groups is 1. The molecule has 0 saturated heterocycles. The van der Waals surface area contributed by atoms with E-state index < -0.39 is 0 Å². The Morgan fingerprint density at radius 3 is 2.50 bits per heavy atom. The van der Waals surface area contributed by atoms with Crippen LogP contribution in [0.4, 0.5) is 0 Å². The molecule has 2 rings (SSSR count). The van der Waals surface area contributed by atoms with Gasteiger partial charge in [0.25, 0.3) is 0 Å². The lowest BCUT2D eigenvalue weighted by Gasteiger charge is -2.08. The van der Waals surface area contributed by atoms with Crippen LogP contribution in [0.2, 0.25) is 10.0 Å². The fourth-order valence-electron chi connectivity index (χ4n) is 1.99. The molecule has 0 spiro atoms. The van der Waals surface area contributed by atoms with Crippen LogP contribution < -0.4 is 4.74 Å². The third-order valence-corrected chi connectivity index (χ3v) is 3.67. The number of aryl methyl sites for hydroxylation is 1. The molecule has 0 aliphatic heterocycles. The molecule has 0 bridgehead atoms. The standard InChI is InChI=1S/C16H14Cl2O2/c1-10-7-12(4-6-16(10)20-2)15(19)8-11-3-5-13(17)9-14(11)18/h3-7,9H,8H2,1-2H3. The van der Waals surface area contributed by atoms with Crippen LogP contribution in [0.3, 0.4) is 0 Å². The first-order valence-corrected chi connectivity index (χ1v) is 6.88. The lowest BCUT2D eigenvalue weighted by Crippen LogP contribution is -2.04. The second-order valence-electron chi connectivity index (χ2n) is 4.52. The molecule has 0 atom stereocenters. The number of halogens is 2. The number of hydrogen-bond acceptors (Lipinski definition) is 2. The average Bonchev–Trinajstić information content (AvgIpc) is 2.41. The molecular weight excluding hydrogens is 295 g/mol. The lowest BCUT2D eigenvalue weighted by molar-refractivity contribution is 0.0993. The molecule has 20 heavy (non-hydrogen) atoms. The fourth-order valence-corrected chi connectivity index (χ4v) is 2.47. The van der Waals surface area contributed by atoms with Gasteiger partial charge in [-0.25, -0.2) is 0 Å². The topological polar surface area (TPSA) is 26.3 Å². The van der Waals surface area contributed by atoms with Crippen LogP contribution in [0.15, 0.2) is 36.4 Å². The summed E-state index contributed by atoms with van der Waals surface area (Å²) < 4.78 is 5.18. The van der Waals surface area contributed by atoms with Crippen LogP contribution in [-0.2, 0) is 6.42 Å². The van der Waals surface area contributed by atoms with Crippen molar-refractivity contribution in [3.05, 3.63) is 63.1 Å². The van der Waals surface area contributed by atoms with E-state index in [9.17, 15) is 4.79 Å². The van der Waals surface area contributed by atoms with Crippen molar-refractivity contribution in [1.29, 1.82) is 0 Å². The SMILES string of the molecule is COc1ccc(C(=O)Cc2ccc(Cl)cc2Cl)cc1C. The van der Waals surface area contributed by atoms with Gasteiger partial charge in [-0.05, 0) is 48.4 Å². The van der Waals surface area contributed by atoms with Crippen LogP contribution in [0.5, 0.6) is 5.75 Å². The maximum Gasteiger partial charge on any atom is 0.167 e. The normalized spacial score (nSPS) is 10.4. The molecule has 0 unspecified atom stereocenters. The van der Waals surface area contributed by atoms with E-state index >= 15 is 0 Å². The molecule has 2 nitrogen and oxygen atoms in total. The number of benzene rings is 2. The molecule has 0 aromatic heterocycles. The van der Waals surface area contributed by atoms with Crippen LogP contribution in [0.25, 0.3) is 0 Å². The van der Waals surface area contributed by atoms with Gasteiger partial charge in [0.05, 0.1) is 7.11 Å². The highest BCUT2D eigenvalue weighted by atomic mass is 35.5. The van der Waals surface area contributed by atoms with Gasteiger partial charge in [0, 0.05) is 22.0 Å². The van der Waals surface area contributed by atoms with E-state index in [0.29, 0.717) is 15.6 Å². The van der Waals surface area contributed by atoms with Crippen molar-refractivity contribution in [2.75, 3.05) is 7.11 Å². The molecule has 0 aliphatic carbocycles. The van der Waals surface area contributed by atoms with Gasteiger partial charge in [0.2, 0.25) is 0 Å². The second-order valence-corrected chi connectivity index (χ2v) is 5.36. The predicted octanol–water partition coefficient (Wildman–Crippen LogP) is 4.74. The molecule has 2 aromatic carbocycles. The molecule has 0 heterocycles. The summed E-state index contributed by atoms with van der Waals surface area (Å²) in [7, 11) is 1.61. The summed E-state index contributed by atoms with van der Waals surface area (Å²) in [5.41, 5.74) is 2.35. The first kappa shape index (κ1) is 14.9. The Morgan fingerprint density at radius 1 is 1.15 bits per heavy atom. The highest BCUT2D eigenvalue weighted by Gasteiger charge is 2.11. The third-order valence-electron chi connectivity index (χ3n) is 3.08. The number of rotatable bonds is 4. The molecule has 0 aliphatic rings. The van der Waals surface area contributed by atoms with E-state index in [2.05, 4.69) is 0 Å². The van der Waals surface area contributed by atoms with Crippen molar-refractivity contribution in [2.24, 2.45) is 0 Å². The molecule has 0 amide bonds. The summed E-state index contributed by atoms with van der Waals surface area (Å²) in [6, 6.07) is 10.5. The number of methoxy groups -OCH3 is 1. The Balaban J connectivity index is 2.21. The number of ketones is 1. The van der Waals surface area contributed by atoms with E-state index in [-0.39, 0.29) is 12.2 Å². The van der Waals surface area contributed by atoms with Gasteiger partial charge < -0.3 is 4.74 Å². The summed E-state index contributed by atoms with van der Waals surface area (Å²) in [6.07, 6.45) is 0.252. The van der Waals surface area contributed by atoms with E-state index in [1.807, 2.05) is 13.0 Å². The quantitative estimate of drug-likeness (QED) is 0.763. The van der Waals surface area contributed by atoms with Crippen LogP contribution >= 0.6 is 23.2 Å². The number of hydrogen-bond donors (Lipinski definition) is 0. The van der Waals surface area contributed by atoms with Gasteiger partial charge in [-0.3, -0.25) is 4.79 Å². The van der Waals surface area contributed by atoms with Gasteiger partial charge in [0.15, 0.2) is 5.78 Å². The summed E-state index contributed by atoms with van der Waals surface area (Å²) in [4.78, 5) is 12.3. The summed E-state index contributed by atoms with van der Waals surface area (Å²) >= 11 is 11.9. The van der Waals surface area contributed by atoms with Gasteiger partial charge >= 0.3 is 0 Å². The largest absolute Gasteiger partial charge is 0.496 e. The minimum Gasteiger partial charge on any atom is -0.496 e. The van der Waals surface area contributed by atoms with Crippen molar-refractivity contribution in [2.45, 2.75) is 13.3 Å². The van der Waals surface area contributed by atoms with E-state index in [0.717, 1.165) is 16.9 Å². The molecule has 4 heteroatoms. The minimum atomic E-state index is 0.0139. The Kier molecular flexibility index (Phi) is 4.69. The average molecular weight is 309 g/mol. The zero-order valence-corrected chi connectivity index (χ0v) is 12.8.